The molecule has 0 atom stereocenters. The van der Waals surface area contributed by atoms with Crippen molar-refractivity contribution in [1.29, 1.82) is 0 Å². The van der Waals surface area contributed by atoms with Crippen molar-refractivity contribution in [2.24, 2.45) is 0 Å². The molecule has 0 saturated carbocycles. The molecule has 0 aromatic heterocycles. The van der Waals surface area contributed by atoms with E-state index in [1.54, 1.807) is 7.11 Å². The van der Waals surface area contributed by atoms with Crippen LogP contribution in [0.25, 0.3) is 0 Å². The zero-order chi connectivity index (χ0) is 12.1. The first kappa shape index (κ1) is 12.6. The van der Waals surface area contributed by atoms with E-state index >= 15 is 0 Å². The maximum absolute atomic E-state index is 10.8. The largest absolute Gasteiger partial charge is 0.497 e. The Bertz CT molecular complexity index is 358. The quantitative estimate of drug-likeness (QED) is 0.832. The van der Waals surface area contributed by atoms with E-state index in [0.29, 0.717) is 0 Å². The van der Waals surface area contributed by atoms with Crippen molar-refractivity contribution >= 4 is 5.97 Å². The zero-order valence-electron chi connectivity index (χ0n) is 10.0. The normalized spacial score (nSPS) is 10.2. The molecule has 0 heterocycles. The number of carboxylic acid groups (broad SMARTS) is 1. The molecule has 0 spiro atoms. The number of benzene rings is 1. The third kappa shape index (κ3) is 2.75. The first-order valence-electron chi connectivity index (χ1n) is 5.52. The van der Waals surface area contributed by atoms with Crippen LogP contribution in [0.15, 0.2) is 12.1 Å². The van der Waals surface area contributed by atoms with Crippen LogP contribution in [-0.4, -0.2) is 18.2 Å². The number of aliphatic carboxylic acids is 1. The molecule has 1 rings (SSSR count). The van der Waals surface area contributed by atoms with Crippen LogP contribution in [-0.2, 0) is 24.1 Å². The van der Waals surface area contributed by atoms with Crippen molar-refractivity contribution in [3.63, 3.8) is 0 Å². The predicted molar refractivity (Wildman–Crippen MR) is 63.1 cm³/mol. The van der Waals surface area contributed by atoms with E-state index in [0.717, 1.165) is 35.3 Å². The van der Waals surface area contributed by atoms with Crippen molar-refractivity contribution < 1.29 is 14.6 Å². The standard InChI is InChI=1S/C13H18O3/c1-4-9-6-11(16-3)7-10(5-2)12(9)8-13(14)15/h6-7H,4-5,8H2,1-3H3,(H,14,15). The third-order valence-corrected chi connectivity index (χ3v) is 2.73. The Morgan fingerprint density at radius 2 is 1.75 bits per heavy atom. The number of hydrogen-bond donors (Lipinski definition) is 1. The van der Waals surface area contributed by atoms with Crippen LogP contribution in [0.4, 0.5) is 0 Å². The average molecular weight is 222 g/mol. The molecule has 0 aliphatic heterocycles. The van der Waals surface area contributed by atoms with Gasteiger partial charge >= 0.3 is 5.97 Å². The van der Waals surface area contributed by atoms with Gasteiger partial charge in [0.2, 0.25) is 0 Å². The molecule has 0 saturated heterocycles. The van der Waals surface area contributed by atoms with Gasteiger partial charge in [0, 0.05) is 0 Å². The summed E-state index contributed by atoms with van der Waals surface area (Å²) >= 11 is 0. The summed E-state index contributed by atoms with van der Waals surface area (Å²) in [6.07, 6.45) is 1.75. The van der Waals surface area contributed by atoms with E-state index in [-0.39, 0.29) is 6.42 Å². The minimum Gasteiger partial charge on any atom is -0.497 e. The zero-order valence-corrected chi connectivity index (χ0v) is 10.0. The van der Waals surface area contributed by atoms with Crippen molar-refractivity contribution in [2.75, 3.05) is 7.11 Å². The second-order valence-electron chi connectivity index (χ2n) is 3.70. The fourth-order valence-corrected chi connectivity index (χ4v) is 1.89. The lowest BCUT2D eigenvalue weighted by molar-refractivity contribution is -0.136. The van der Waals surface area contributed by atoms with Gasteiger partial charge in [-0.2, -0.15) is 0 Å². The Balaban J connectivity index is 3.25. The SMILES string of the molecule is CCc1cc(OC)cc(CC)c1CC(=O)O. The second-order valence-corrected chi connectivity index (χ2v) is 3.70. The van der Waals surface area contributed by atoms with Gasteiger partial charge in [0.1, 0.15) is 5.75 Å². The average Bonchev–Trinajstić information content (AvgIpc) is 2.28. The number of aryl methyl sites for hydroxylation is 2. The van der Waals surface area contributed by atoms with Gasteiger partial charge in [0.15, 0.2) is 0 Å². The maximum Gasteiger partial charge on any atom is 0.307 e. The lowest BCUT2D eigenvalue weighted by atomic mass is 9.94. The fourth-order valence-electron chi connectivity index (χ4n) is 1.89. The van der Waals surface area contributed by atoms with Crippen LogP contribution >= 0.6 is 0 Å². The summed E-state index contributed by atoms with van der Waals surface area (Å²) in [6.45, 7) is 4.05. The molecule has 0 unspecified atom stereocenters. The van der Waals surface area contributed by atoms with Gasteiger partial charge in [0.05, 0.1) is 13.5 Å². The number of rotatable bonds is 5. The van der Waals surface area contributed by atoms with E-state index in [9.17, 15) is 4.79 Å². The topological polar surface area (TPSA) is 46.5 Å². The van der Waals surface area contributed by atoms with Crippen molar-refractivity contribution in [2.45, 2.75) is 33.1 Å². The molecule has 0 fully saturated rings. The van der Waals surface area contributed by atoms with Crippen molar-refractivity contribution in [3.8, 4) is 5.75 Å². The van der Waals surface area contributed by atoms with Crippen LogP contribution in [0.3, 0.4) is 0 Å². The summed E-state index contributed by atoms with van der Waals surface area (Å²) in [5, 5.41) is 8.90. The van der Waals surface area contributed by atoms with Gasteiger partial charge in [-0.25, -0.2) is 0 Å². The lowest BCUT2D eigenvalue weighted by Gasteiger charge is -2.13. The minimum atomic E-state index is -0.783. The van der Waals surface area contributed by atoms with E-state index in [1.165, 1.54) is 0 Å². The van der Waals surface area contributed by atoms with Crippen LogP contribution in [0.2, 0.25) is 0 Å². The van der Waals surface area contributed by atoms with E-state index in [2.05, 4.69) is 0 Å². The third-order valence-electron chi connectivity index (χ3n) is 2.73. The Morgan fingerprint density at radius 3 is 2.06 bits per heavy atom. The summed E-state index contributed by atoms with van der Waals surface area (Å²) in [7, 11) is 1.63. The van der Waals surface area contributed by atoms with Crippen LogP contribution in [0.5, 0.6) is 5.75 Å². The molecule has 0 radical (unpaired) electrons. The summed E-state index contributed by atoms with van der Waals surface area (Å²) in [4.78, 5) is 10.8. The second kappa shape index (κ2) is 5.54. The summed E-state index contributed by atoms with van der Waals surface area (Å²) in [5.41, 5.74) is 3.08. The molecule has 16 heavy (non-hydrogen) atoms. The van der Waals surface area contributed by atoms with E-state index in [4.69, 9.17) is 9.84 Å². The lowest BCUT2D eigenvalue weighted by Crippen LogP contribution is -2.07. The number of methoxy groups -OCH3 is 1. The molecule has 0 aliphatic rings. The van der Waals surface area contributed by atoms with Crippen LogP contribution in [0, 0.1) is 0 Å². The molecular formula is C13H18O3. The van der Waals surface area contributed by atoms with Crippen LogP contribution in [0.1, 0.15) is 30.5 Å². The van der Waals surface area contributed by atoms with Gasteiger partial charge in [-0.1, -0.05) is 13.8 Å². The number of hydrogen-bond acceptors (Lipinski definition) is 2. The first-order chi connectivity index (χ1) is 7.62. The van der Waals surface area contributed by atoms with Gasteiger partial charge in [-0.15, -0.1) is 0 Å². The molecule has 0 aliphatic carbocycles. The van der Waals surface area contributed by atoms with E-state index < -0.39 is 5.97 Å². The van der Waals surface area contributed by atoms with Crippen molar-refractivity contribution in [1.82, 2.24) is 0 Å². The number of carbonyl (C=O) groups is 1. The maximum atomic E-state index is 10.8. The van der Waals surface area contributed by atoms with Gasteiger partial charge < -0.3 is 9.84 Å². The Hall–Kier alpha value is -1.51. The van der Waals surface area contributed by atoms with Gasteiger partial charge in [0.25, 0.3) is 0 Å². The molecule has 88 valence electrons. The minimum absolute atomic E-state index is 0.0936. The summed E-state index contributed by atoms with van der Waals surface area (Å²) in [6, 6.07) is 3.86. The smallest absolute Gasteiger partial charge is 0.307 e. The molecular weight excluding hydrogens is 204 g/mol. The monoisotopic (exact) mass is 222 g/mol. The van der Waals surface area contributed by atoms with Gasteiger partial charge in [-0.05, 0) is 41.7 Å². The predicted octanol–water partition coefficient (Wildman–Crippen LogP) is 2.45. The highest BCUT2D eigenvalue weighted by atomic mass is 16.5. The molecule has 1 aromatic rings. The molecule has 0 bridgehead atoms. The first-order valence-corrected chi connectivity index (χ1v) is 5.52. The summed E-state index contributed by atoms with van der Waals surface area (Å²) < 4.78 is 5.21. The molecule has 3 heteroatoms. The Labute approximate surface area is 96.1 Å². The van der Waals surface area contributed by atoms with E-state index in [1.807, 2.05) is 26.0 Å². The molecule has 0 amide bonds. The highest BCUT2D eigenvalue weighted by Crippen LogP contribution is 2.24. The summed E-state index contributed by atoms with van der Waals surface area (Å²) in [5.74, 6) is 0.0254. The Morgan fingerprint density at radius 1 is 1.25 bits per heavy atom. The molecule has 1 N–H and O–H groups in total. The van der Waals surface area contributed by atoms with Crippen LogP contribution < -0.4 is 4.74 Å². The highest BCUT2D eigenvalue weighted by Gasteiger charge is 2.12. The molecule has 1 aromatic carbocycles. The Kier molecular flexibility index (Phi) is 4.35. The highest BCUT2D eigenvalue weighted by molar-refractivity contribution is 5.71. The van der Waals surface area contributed by atoms with Gasteiger partial charge in [-0.3, -0.25) is 4.79 Å². The fraction of sp³-hybridized carbons (Fsp3) is 0.462. The van der Waals surface area contributed by atoms with Crippen molar-refractivity contribution in [3.05, 3.63) is 28.8 Å². The number of ether oxygens (including phenoxy) is 1. The molecule has 3 nitrogen and oxygen atoms in total. The number of carboxylic acids is 1.